The predicted molar refractivity (Wildman–Crippen MR) is 149 cm³/mol. The summed E-state index contributed by atoms with van der Waals surface area (Å²) in [7, 11) is -9.20. The lowest BCUT2D eigenvalue weighted by Gasteiger charge is -2.52. The van der Waals surface area contributed by atoms with Crippen LogP contribution in [0, 0.1) is 0 Å². The molecule has 0 bridgehead atoms. The summed E-state index contributed by atoms with van der Waals surface area (Å²) in [6.45, 7) is 38.8. The van der Waals surface area contributed by atoms with Crippen molar-refractivity contribution >= 4 is 33.8 Å². The van der Waals surface area contributed by atoms with Crippen LogP contribution in [0.3, 0.4) is 0 Å². The average Bonchev–Trinajstić information content (AvgIpc) is 2.46. The quantitative estimate of drug-likeness (QED) is 0.159. The standard InChI is InChI=1S/C24H56O3Si4/c1-17-18-19-20-21-31(25-28(11,12)22(2,3)4,26-29(13,14)23(5,6)7)27-30(15,16)24(8,9)10/h17H,1,18-21H2,2-16H3. The molecule has 0 N–H and O–H groups in total. The topological polar surface area (TPSA) is 27.7 Å². The van der Waals surface area contributed by atoms with Gasteiger partial charge in [0.25, 0.3) is 0 Å². The fraction of sp³-hybridized carbons (Fsp3) is 0.917. The summed E-state index contributed by atoms with van der Waals surface area (Å²) >= 11 is 0. The van der Waals surface area contributed by atoms with Crippen LogP contribution in [-0.2, 0) is 12.3 Å². The third-order valence-corrected chi connectivity index (χ3v) is 29.5. The Morgan fingerprint density at radius 2 is 0.871 bits per heavy atom. The van der Waals surface area contributed by atoms with Gasteiger partial charge < -0.3 is 12.3 Å². The summed E-state index contributed by atoms with van der Waals surface area (Å²) in [6, 6.07) is 0.909. The highest BCUT2D eigenvalue weighted by atomic mass is 28.5. The first kappa shape index (κ1) is 31.5. The van der Waals surface area contributed by atoms with Gasteiger partial charge in [-0.15, -0.1) is 6.58 Å². The van der Waals surface area contributed by atoms with Gasteiger partial charge in [0.2, 0.25) is 0 Å². The van der Waals surface area contributed by atoms with Gasteiger partial charge in [0, 0.05) is 6.04 Å². The van der Waals surface area contributed by atoms with E-state index in [4.69, 9.17) is 12.3 Å². The first-order chi connectivity index (χ1) is 13.4. The van der Waals surface area contributed by atoms with Crippen LogP contribution in [0.5, 0.6) is 0 Å². The van der Waals surface area contributed by atoms with Gasteiger partial charge in [0.15, 0.2) is 25.0 Å². The van der Waals surface area contributed by atoms with E-state index in [2.05, 4.69) is 108 Å². The molecule has 0 saturated heterocycles. The van der Waals surface area contributed by atoms with Crippen LogP contribution in [0.4, 0.5) is 0 Å². The molecule has 0 radical (unpaired) electrons. The van der Waals surface area contributed by atoms with Crippen LogP contribution in [0.25, 0.3) is 0 Å². The summed E-state index contributed by atoms with van der Waals surface area (Å²) in [5.74, 6) is 0. The molecule has 0 aromatic heterocycles. The maximum atomic E-state index is 7.31. The Labute approximate surface area is 200 Å². The highest BCUT2D eigenvalue weighted by Gasteiger charge is 2.57. The second kappa shape index (κ2) is 10.4. The van der Waals surface area contributed by atoms with Crippen LogP contribution in [0.1, 0.15) is 81.6 Å². The second-order valence-corrected chi connectivity index (χ2v) is 31.7. The zero-order valence-electron chi connectivity index (χ0n) is 23.8. The Morgan fingerprint density at radius 1 is 0.581 bits per heavy atom. The fourth-order valence-electron chi connectivity index (χ4n) is 2.47. The number of allylic oxidation sites excluding steroid dienone is 1. The van der Waals surface area contributed by atoms with Crippen LogP contribution in [0.15, 0.2) is 12.7 Å². The third kappa shape index (κ3) is 8.98. The van der Waals surface area contributed by atoms with E-state index in [9.17, 15) is 0 Å². The lowest BCUT2D eigenvalue weighted by Crippen LogP contribution is -2.65. The Bertz CT molecular complexity index is 510. The minimum absolute atomic E-state index is 0.111. The maximum absolute atomic E-state index is 7.31. The first-order valence-electron chi connectivity index (χ1n) is 12.1. The van der Waals surface area contributed by atoms with E-state index in [1.54, 1.807) is 0 Å². The predicted octanol–water partition coefficient (Wildman–Crippen LogP) is 9.35. The molecule has 3 nitrogen and oxygen atoms in total. The lowest BCUT2D eigenvalue weighted by molar-refractivity contribution is 0.227. The summed E-state index contributed by atoms with van der Waals surface area (Å²) in [4.78, 5) is 0. The number of hydrogen-bond acceptors (Lipinski definition) is 3. The Hall–Kier alpha value is 0.488. The molecule has 0 heterocycles. The number of hydrogen-bond donors (Lipinski definition) is 0. The Kier molecular flexibility index (Phi) is 10.6. The van der Waals surface area contributed by atoms with Gasteiger partial charge in [-0.05, 0) is 73.7 Å². The number of rotatable bonds is 11. The summed E-state index contributed by atoms with van der Waals surface area (Å²) < 4.78 is 21.9. The van der Waals surface area contributed by atoms with Gasteiger partial charge >= 0.3 is 8.80 Å². The Morgan fingerprint density at radius 3 is 1.10 bits per heavy atom. The zero-order chi connectivity index (χ0) is 25.2. The van der Waals surface area contributed by atoms with Gasteiger partial charge in [-0.2, -0.15) is 0 Å². The number of unbranched alkanes of at least 4 members (excludes halogenated alkanes) is 2. The van der Waals surface area contributed by atoms with E-state index in [0.29, 0.717) is 0 Å². The van der Waals surface area contributed by atoms with Gasteiger partial charge in [0.1, 0.15) is 0 Å². The van der Waals surface area contributed by atoms with Crippen molar-refractivity contribution in [1.82, 2.24) is 0 Å². The largest absolute Gasteiger partial charge is 0.469 e. The first-order valence-corrected chi connectivity index (χ1v) is 22.8. The van der Waals surface area contributed by atoms with E-state index in [-0.39, 0.29) is 15.1 Å². The van der Waals surface area contributed by atoms with Crippen molar-refractivity contribution < 1.29 is 12.3 Å². The minimum atomic E-state index is -2.93. The van der Waals surface area contributed by atoms with Crippen molar-refractivity contribution in [2.24, 2.45) is 0 Å². The molecule has 0 saturated carbocycles. The second-order valence-electron chi connectivity index (χ2n) is 13.8. The molecule has 0 rings (SSSR count). The van der Waals surface area contributed by atoms with Gasteiger partial charge in [0.05, 0.1) is 0 Å². The monoisotopic (exact) mass is 504 g/mol. The molecule has 186 valence electrons. The summed E-state index contributed by atoms with van der Waals surface area (Å²) in [5.41, 5.74) is 0. The fourth-order valence-corrected chi connectivity index (χ4v) is 19.0. The molecule has 31 heavy (non-hydrogen) atoms. The zero-order valence-corrected chi connectivity index (χ0v) is 27.8. The molecule has 0 aromatic rings. The minimum Gasteiger partial charge on any atom is -0.416 e. The van der Waals surface area contributed by atoms with E-state index in [0.717, 1.165) is 25.3 Å². The molecule has 0 atom stereocenters. The molecule has 0 aliphatic carbocycles. The van der Waals surface area contributed by atoms with E-state index >= 15 is 0 Å². The Balaban J connectivity index is 6.55. The molecule has 0 amide bonds. The van der Waals surface area contributed by atoms with Crippen molar-refractivity contribution in [2.75, 3.05) is 0 Å². The van der Waals surface area contributed by atoms with E-state index in [1.165, 1.54) is 0 Å². The normalized spacial score (nSPS) is 15.3. The highest BCUT2D eigenvalue weighted by molar-refractivity contribution is 6.92. The molecular weight excluding hydrogens is 449 g/mol. The summed E-state index contributed by atoms with van der Waals surface area (Å²) in [6.07, 6.45) is 5.23. The van der Waals surface area contributed by atoms with Crippen molar-refractivity contribution in [3.8, 4) is 0 Å². The van der Waals surface area contributed by atoms with Crippen LogP contribution >= 0.6 is 0 Å². The van der Waals surface area contributed by atoms with Crippen molar-refractivity contribution in [3.05, 3.63) is 12.7 Å². The molecule has 0 unspecified atom stereocenters. The molecule has 7 heteroatoms. The SMILES string of the molecule is C=CCCCC[Si](O[Si](C)(C)C(C)(C)C)(O[Si](C)(C)C(C)(C)C)O[Si](C)(C)C(C)(C)C. The van der Waals surface area contributed by atoms with E-state index in [1.807, 2.05) is 6.08 Å². The van der Waals surface area contributed by atoms with E-state index < -0.39 is 33.8 Å². The van der Waals surface area contributed by atoms with Crippen molar-refractivity contribution in [2.45, 2.75) is 142 Å². The highest BCUT2D eigenvalue weighted by Crippen LogP contribution is 2.47. The van der Waals surface area contributed by atoms with Crippen LogP contribution < -0.4 is 0 Å². The van der Waals surface area contributed by atoms with Crippen LogP contribution in [-0.4, -0.2) is 33.8 Å². The van der Waals surface area contributed by atoms with Crippen molar-refractivity contribution in [3.63, 3.8) is 0 Å². The molecule has 0 aliphatic rings. The molecule has 0 aromatic carbocycles. The smallest absolute Gasteiger partial charge is 0.416 e. The maximum Gasteiger partial charge on any atom is 0.469 e. The van der Waals surface area contributed by atoms with Crippen molar-refractivity contribution in [1.29, 1.82) is 0 Å². The third-order valence-electron chi connectivity index (χ3n) is 7.79. The van der Waals surface area contributed by atoms with Crippen LogP contribution in [0.2, 0.25) is 60.4 Å². The molecular formula is C24H56O3Si4. The van der Waals surface area contributed by atoms with Gasteiger partial charge in [-0.25, -0.2) is 0 Å². The van der Waals surface area contributed by atoms with Gasteiger partial charge in [-0.1, -0.05) is 68.4 Å². The molecule has 0 fully saturated rings. The summed E-state index contributed by atoms with van der Waals surface area (Å²) in [5, 5.41) is 0.333. The lowest BCUT2D eigenvalue weighted by atomic mass is 10.2. The molecule has 0 aliphatic heterocycles. The van der Waals surface area contributed by atoms with Gasteiger partial charge in [-0.3, -0.25) is 0 Å². The average molecular weight is 505 g/mol. The molecule has 0 spiro atoms.